The summed E-state index contributed by atoms with van der Waals surface area (Å²) >= 11 is 0. The molecule has 172 valence electrons. The molecule has 7 nitrogen and oxygen atoms in total. The maximum atomic E-state index is 13.5. The highest BCUT2D eigenvalue weighted by Gasteiger charge is 2.68. The van der Waals surface area contributed by atoms with Gasteiger partial charge in [-0.15, -0.1) is 0 Å². The number of carbonyl (C=O) groups is 2. The topological polar surface area (TPSA) is 80.3 Å². The largest absolute Gasteiger partial charge is 0.469 e. The normalized spacial score (nSPS) is 43.2. The Labute approximate surface area is 180 Å². The van der Waals surface area contributed by atoms with E-state index in [1.165, 1.54) is 7.11 Å². The fourth-order valence-electron chi connectivity index (χ4n) is 7.42. The predicted molar refractivity (Wildman–Crippen MR) is 109 cm³/mol. The van der Waals surface area contributed by atoms with Gasteiger partial charge >= 0.3 is 5.97 Å². The van der Waals surface area contributed by atoms with Crippen LogP contribution in [-0.2, 0) is 33.3 Å². The van der Waals surface area contributed by atoms with Crippen molar-refractivity contribution in [3.63, 3.8) is 0 Å². The molecule has 3 aliphatic carbocycles. The van der Waals surface area contributed by atoms with E-state index >= 15 is 0 Å². The Bertz CT molecular complexity index is 623. The number of esters is 1. The molecule has 0 saturated heterocycles. The highest BCUT2D eigenvalue weighted by Crippen LogP contribution is 2.65. The summed E-state index contributed by atoms with van der Waals surface area (Å²) in [6, 6.07) is 0. The number of hydrogen-bond acceptors (Lipinski definition) is 7. The van der Waals surface area contributed by atoms with Crippen LogP contribution < -0.4 is 0 Å². The van der Waals surface area contributed by atoms with E-state index in [1.807, 2.05) is 0 Å². The highest BCUT2D eigenvalue weighted by atomic mass is 16.7. The van der Waals surface area contributed by atoms with Crippen molar-refractivity contribution < 1.29 is 33.3 Å². The second-order valence-electron chi connectivity index (χ2n) is 9.90. The molecule has 0 N–H and O–H groups in total. The molecule has 7 heteroatoms. The lowest BCUT2D eigenvalue weighted by Crippen LogP contribution is -2.50. The van der Waals surface area contributed by atoms with Gasteiger partial charge in [-0.25, -0.2) is 0 Å². The van der Waals surface area contributed by atoms with Crippen molar-refractivity contribution >= 4 is 11.8 Å². The summed E-state index contributed by atoms with van der Waals surface area (Å²) in [4.78, 5) is 26.6. The van der Waals surface area contributed by atoms with Crippen molar-refractivity contribution in [2.45, 2.75) is 46.1 Å². The van der Waals surface area contributed by atoms with Gasteiger partial charge in [-0.2, -0.15) is 0 Å². The minimum absolute atomic E-state index is 0.130. The van der Waals surface area contributed by atoms with Crippen LogP contribution >= 0.6 is 0 Å². The third-order valence-corrected chi connectivity index (χ3v) is 7.88. The summed E-state index contributed by atoms with van der Waals surface area (Å²) < 4.78 is 27.3. The molecule has 0 aromatic carbocycles. The first kappa shape index (κ1) is 23.6. The maximum absolute atomic E-state index is 13.5. The second kappa shape index (κ2) is 9.63. The predicted octanol–water partition coefficient (Wildman–Crippen LogP) is 2.91. The van der Waals surface area contributed by atoms with Gasteiger partial charge in [0.1, 0.15) is 19.4 Å². The monoisotopic (exact) mass is 426 g/mol. The van der Waals surface area contributed by atoms with Crippen LogP contribution in [0.3, 0.4) is 0 Å². The standard InChI is InChI=1S/C23H38O7/c1-13-7-14(2)19-21(30-12-27-5)18-17(22(25)28-6)15(10-29-11-26-4)8-16(24)20(18)23(19,3)9-13/h13-15,17-21H,7-12H2,1-6H3/t13-,14+,15+,17+,18-,19+,20-,21+,23-/m0/s1. The van der Waals surface area contributed by atoms with Crippen LogP contribution in [0, 0.1) is 46.8 Å². The van der Waals surface area contributed by atoms with Gasteiger partial charge in [0, 0.05) is 38.4 Å². The lowest BCUT2D eigenvalue weighted by Gasteiger charge is -2.48. The van der Waals surface area contributed by atoms with E-state index in [-0.39, 0.29) is 67.1 Å². The number of ketones is 1. The van der Waals surface area contributed by atoms with Crippen LogP contribution in [0.2, 0.25) is 0 Å². The highest BCUT2D eigenvalue weighted by molar-refractivity contribution is 5.87. The first-order valence-corrected chi connectivity index (χ1v) is 11.1. The molecule has 3 saturated carbocycles. The van der Waals surface area contributed by atoms with Crippen LogP contribution in [0.5, 0.6) is 0 Å². The quantitative estimate of drug-likeness (QED) is 0.335. The molecule has 0 heterocycles. The number of fused-ring (bicyclic) bond motifs is 3. The number of Topliss-reactive ketones (excluding diaryl/α,β-unsaturated/α-hetero) is 1. The zero-order valence-corrected chi connectivity index (χ0v) is 19.2. The van der Waals surface area contributed by atoms with Gasteiger partial charge in [-0.3, -0.25) is 9.59 Å². The molecule has 3 fully saturated rings. The molecule has 0 bridgehead atoms. The Balaban J connectivity index is 2.03. The first-order valence-electron chi connectivity index (χ1n) is 11.1. The Kier molecular flexibility index (Phi) is 7.59. The minimum atomic E-state index is -0.443. The van der Waals surface area contributed by atoms with E-state index in [9.17, 15) is 9.59 Å². The van der Waals surface area contributed by atoms with Crippen LogP contribution in [0.4, 0.5) is 0 Å². The van der Waals surface area contributed by atoms with E-state index in [0.29, 0.717) is 18.3 Å². The molecule has 0 unspecified atom stereocenters. The van der Waals surface area contributed by atoms with Gasteiger partial charge in [0.05, 0.1) is 25.7 Å². The summed E-state index contributed by atoms with van der Waals surface area (Å²) in [6.45, 7) is 7.33. The Morgan fingerprint density at radius 1 is 1.13 bits per heavy atom. The van der Waals surface area contributed by atoms with Crippen LogP contribution in [0.15, 0.2) is 0 Å². The number of hydrogen-bond donors (Lipinski definition) is 0. The molecule has 3 aliphatic rings. The molecule has 0 aliphatic heterocycles. The lowest BCUT2D eigenvalue weighted by atomic mass is 9.56. The third kappa shape index (κ3) is 4.06. The van der Waals surface area contributed by atoms with Gasteiger partial charge in [-0.1, -0.05) is 20.8 Å². The van der Waals surface area contributed by atoms with Crippen LogP contribution in [-0.4, -0.2) is 59.4 Å². The molecule has 0 aromatic heterocycles. The van der Waals surface area contributed by atoms with Gasteiger partial charge in [0.15, 0.2) is 0 Å². The smallest absolute Gasteiger partial charge is 0.309 e. The molecule has 3 rings (SSSR count). The van der Waals surface area contributed by atoms with E-state index in [1.54, 1.807) is 14.2 Å². The van der Waals surface area contributed by atoms with Gasteiger partial charge < -0.3 is 23.7 Å². The van der Waals surface area contributed by atoms with E-state index in [0.717, 1.165) is 12.8 Å². The molecule has 9 atom stereocenters. The summed E-state index contributed by atoms with van der Waals surface area (Å²) in [7, 11) is 4.57. The average Bonchev–Trinajstić information content (AvgIpc) is 2.95. The lowest BCUT2D eigenvalue weighted by molar-refractivity contribution is -0.168. The molecular weight excluding hydrogens is 388 g/mol. The number of ether oxygens (including phenoxy) is 5. The first-order chi connectivity index (χ1) is 14.3. The maximum Gasteiger partial charge on any atom is 0.309 e. The Morgan fingerprint density at radius 2 is 1.83 bits per heavy atom. The molecule has 0 amide bonds. The fraction of sp³-hybridized carbons (Fsp3) is 0.913. The van der Waals surface area contributed by atoms with Crippen LogP contribution in [0.25, 0.3) is 0 Å². The van der Waals surface area contributed by atoms with E-state index < -0.39 is 5.92 Å². The zero-order valence-electron chi connectivity index (χ0n) is 19.2. The van der Waals surface area contributed by atoms with Gasteiger partial charge in [0.25, 0.3) is 0 Å². The molecular formula is C23H38O7. The average molecular weight is 427 g/mol. The second-order valence-corrected chi connectivity index (χ2v) is 9.90. The van der Waals surface area contributed by atoms with Crippen molar-refractivity contribution in [2.24, 2.45) is 46.8 Å². The summed E-state index contributed by atoms with van der Waals surface area (Å²) in [5.74, 6) is -0.0387. The van der Waals surface area contributed by atoms with E-state index in [2.05, 4.69) is 20.8 Å². The van der Waals surface area contributed by atoms with Crippen molar-refractivity contribution in [3.8, 4) is 0 Å². The molecule has 30 heavy (non-hydrogen) atoms. The Morgan fingerprint density at radius 3 is 2.47 bits per heavy atom. The van der Waals surface area contributed by atoms with Crippen molar-refractivity contribution in [2.75, 3.05) is 41.5 Å². The fourth-order valence-corrected chi connectivity index (χ4v) is 7.42. The molecule has 0 radical (unpaired) electrons. The van der Waals surface area contributed by atoms with E-state index in [4.69, 9.17) is 23.7 Å². The zero-order chi connectivity index (χ0) is 22.1. The van der Waals surface area contributed by atoms with Gasteiger partial charge in [-0.05, 0) is 36.0 Å². The van der Waals surface area contributed by atoms with Gasteiger partial charge in [0.2, 0.25) is 0 Å². The third-order valence-electron chi connectivity index (χ3n) is 7.88. The summed E-state index contributed by atoms with van der Waals surface area (Å²) in [5.41, 5.74) is -0.193. The molecule has 0 aromatic rings. The van der Waals surface area contributed by atoms with Crippen LogP contribution in [0.1, 0.15) is 40.0 Å². The summed E-state index contributed by atoms with van der Waals surface area (Å²) in [6.07, 6.45) is 2.18. The summed E-state index contributed by atoms with van der Waals surface area (Å²) in [5, 5.41) is 0. The number of rotatable bonds is 8. The minimum Gasteiger partial charge on any atom is -0.469 e. The SMILES string of the molecule is COCOC[C@H]1CC(=O)[C@H]2[C@@H]([C@@H](OCOC)[C@H]3[C@H](C)C[C@H](C)C[C@@]32C)[C@@H]1C(=O)OC. The number of methoxy groups -OCH3 is 3. The molecule has 0 spiro atoms. The van der Waals surface area contributed by atoms with Crippen molar-refractivity contribution in [1.82, 2.24) is 0 Å². The Hall–Kier alpha value is -1.02. The number of carbonyl (C=O) groups excluding carboxylic acids is 2. The van der Waals surface area contributed by atoms with Crippen molar-refractivity contribution in [1.29, 1.82) is 0 Å². The van der Waals surface area contributed by atoms with Crippen molar-refractivity contribution in [3.05, 3.63) is 0 Å².